The standard InChI is InChI=1S/C32H37N5O8/c1-36(2)20-13-14(5-10-21(38)35-17-8-6-16(33)7-9-17)26(39)23-18(20)11-15-12-19-25(37(3)4)28(41)24(31(34)44)30(43)32(19,45)29(42)22(15)27(23)40/h6-9,13,15,19,25,39-40,43,45H,5,10-12,33H2,1-4H3,(H2,34,44)(H,35,38)/t15-,19-,25+,32-/m0/s1. The van der Waals surface area contributed by atoms with Crippen LogP contribution in [0.3, 0.4) is 0 Å². The molecule has 3 aliphatic rings. The molecule has 0 spiro atoms. The number of ketones is 2. The third kappa shape index (κ3) is 4.97. The minimum Gasteiger partial charge on any atom is -0.508 e. The summed E-state index contributed by atoms with van der Waals surface area (Å²) in [5.41, 5.74) is 9.86. The maximum Gasteiger partial charge on any atom is 0.255 e. The molecule has 2 aromatic rings. The van der Waals surface area contributed by atoms with Crippen LogP contribution < -0.4 is 21.7 Å². The number of anilines is 3. The van der Waals surface area contributed by atoms with Gasteiger partial charge in [0, 0.05) is 49.1 Å². The number of benzene rings is 2. The van der Waals surface area contributed by atoms with Gasteiger partial charge in [0.25, 0.3) is 5.91 Å². The van der Waals surface area contributed by atoms with E-state index in [0.717, 1.165) is 0 Å². The Labute approximate surface area is 259 Å². The van der Waals surface area contributed by atoms with Crippen LogP contribution >= 0.6 is 0 Å². The molecule has 2 amide bonds. The highest BCUT2D eigenvalue weighted by Gasteiger charge is 2.64. The van der Waals surface area contributed by atoms with Gasteiger partial charge in [0.15, 0.2) is 11.4 Å². The van der Waals surface area contributed by atoms with Crippen molar-refractivity contribution in [1.82, 2.24) is 4.90 Å². The number of nitrogens with zero attached hydrogens (tertiary/aromatic N) is 2. The van der Waals surface area contributed by atoms with Gasteiger partial charge in [-0.1, -0.05) is 0 Å². The largest absolute Gasteiger partial charge is 0.508 e. The number of nitrogens with one attached hydrogen (secondary N) is 1. The second kappa shape index (κ2) is 11.2. The van der Waals surface area contributed by atoms with Crippen LogP contribution in [0.5, 0.6) is 5.75 Å². The third-order valence-electron chi connectivity index (χ3n) is 9.07. The fourth-order valence-corrected chi connectivity index (χ4v) is 6.97. The predicted octanol–water partition coefficient (Wildman–Crippen LogP) is 1.18. The van der Waals surface area contributed by atoms with Crippen LogP contribution in [-0.4, -0.2) is 88.5 Å². The zero-order valence-corrected chi connectivity index (χ0v) is 25.4. The number of aromatic hydroxyl groups is 1. The summed E-state index contributed by atoms with van der Waals surface area (Å²) in [5.74, 6) is -7.41. The number of fused-ring (bicyclic) bond motifs is 3. The minimum absolute atomic E-state index is 0.00749. The van der Waals surface area contributed by atoms with Crippen molar-refractivity contribution in [2.75, 3.05) is 44.1 Å². The number of hydrogen-bond acceptors (Lipinski definition) is 11. The topological polar surface area (TPSA) is 220 Å². The van der Waals surface area contributed by atoms with Crippen molar-refractivity contribution in [3.63, 3.8) is 0 Å². The molecule has 45 heavy (non-hydrogen) atoms. The second-order valence-corrected chi connectivity index (χ2v) is 12.3. The van der Waals surface area contributed by atoms with Gasteiger partial charge in [-0.2, -0.15) is 0 Å². The van der Waals surface area contributed by atoms with E-state index < -0.39 is 58.0 Å². The average molecular weight is 620 g/mol. The zero-order valence-electron chi connectivity index (χ0n) is 25.4. The molecular formula is C32H37N5O8. The van der Waals surface area contributed by atoms with E-state index >= 15 is 0 Å². The molecule has 1 saturated carbocycles. The van der Waals surface area contributed by atoms with E-state index in [1.807, 2.05) is 0 Å². The first-order valence-electron chi connectivity index (χ1n) is 14.4. The number of carbonyl (C=O) groups is 4. The number of Topliss-reactive ketones (excluding diaryl/α,β-unsaturated/α-hetero) is 2. The van der Waals surface area contributed by atoms with Crippen LogP contribution in [0.25, 0.3) is 5.76 Å². The van der Waals surface area contributed by atoms with Gasteiger partial charge in [0.05, 0.1) is 11.6 Å². The number of carbonyl (C=O) groups excluding carboxylic acids is 4. The summed E-state index contributed by atoms with van der Waals surface area (Å²) in [4.78, 5) is 55.5. The van der Waals surface area contributed by atoms with Crippen molar-refractivity contribution in [1.29, 1.82) is 0 Å². The first-order chi connectivity index (χ1) is 21.1. The Morgan fingerprint density at radius 1 is 1.07 bits per heavy atom. The Morgan fingerprint density at radius 3 is 2.29 bits per heavy atom. The summed E-state index contributed by atoms with van der Waals surface area (Å²) in [5, 5.41) is 48.7. The molecule has 0 saturated heterocycles. The highest BCUT2D eigenvalue weighted by Crippen LogP contribution is 2.54. The van der Waals surface area contributed by atoms with E-state index in [9.17, 15) is 39.6 Å². The van der Waals surface area contributed by atoms with Crippen LogP contribution in [0.15, 0.2) is 47.2 Å². The lowest BCUT2D eigenvalue weighted by Crippen LogP contribution is -2.65. The normalized spacial score (nSPS) is 24.3. The number of nitrogens with two attached hydrogens (primary N) is 2. The van der Waals surface area contributed by atoms with E-state index in [1.165, 1.54) is 4.90 Å². The van der Waals surface area contributed by atoms with E-state index in [2.05, 4.69) is 5.32 Å². The van der Waals surface area contributed by atoms with Crippen LogP contribution in [0.2, 0.25) is 0 Å². The molecule has 9 N–H and O–H groups in total. The summed E-state index contributed by atoms with van der Waals surface area (Å²) < 4.78 is 0. The first-order valence-corrected chi connectivity index (χ1v) is 14.4. The predicted molar refractivity (Wildman–Crippen MR) is 166 cm³/mol. The number of phenols is 1. The van der Waals surface area contributed by atoms with Crippen molar-refractivity contribution in [2.45, 2.75) is 37.3 Å². The number of aryl methyl sites for hydroxylation is 1. The lowest BCUT2D eigenvalue weighted by atomic mass is 9.57. The number of primary amides is 1. The molecule has 0 heterocycles. The molecule has 0 radical (unpaired) electrons. The maximum atomic E-state index is 14.1. The minimum atomic E-state index is -2.72. The SMILES string of the molecule is CN(C)c1cc(CCC(=O)Nc2ccc(N)cc2)c(O)c2c1C[C@H]1C[C@H]3[C@@H](N(C)C)C(=O)C(C(N)=O)=C(O)[C@@]3(O)C(=O)C1=C2O. The molecule has 238 valence electrons. The second-order valence-electron chi connectivity index (χ2n) is 12.3. The Morgan fingerprint density at radius 2 is 1.71 bits per heavy atom. The Hall–Kier alpha value is -4.88. The fourth-order valence-electron chi connectivity index (χ4n) is 6.97. The summed E-state index contributed by atoms with van der Waals surface area (Å²) in [6.07, 6.45) is 0.225. The number of nitrogen functional groups attached to an aromatic ring is 1. The average Bonchev–Trinajstić information content (AvgIpc) is 2.95. The highest BCUT2D eigenvalue weighted by molar-refractivity contribution is 6.24. The molecular weight excluding hydrogens is 582 g/mol. The number of phenolic OH excluding ortho intramolecular Hbond substituents is 1. The number of aliphatic hydroxyl groups is 3. The monoisotopic (exact) mass is 619 g/mol. The molecule has 13 heteroatoms. The van der Waals surface area contributed by atoms with Gasteiger partial charge in [0.1, 0.15) is 22.8 Å². The van der Waals surface area contributed by atoms with Gasteiger partial charge in [-0.25, -0.2) is 0 Å². The summed E-state index contributed by atoms with van der Waals surface area (Å²) in [6.45, 7) is 0. The molecule has 0 bridgehead atoms. The molecule has 13 nitrogen and oxygen atoms in total. The fraction of sp³-hybridized carbons (Fsp3) is 0.375. The molecule has 2 aromatic carbocycles. The number of aliphatic hydroxyl groups excluding tert-OH is 2. The van der Waals surface area contributed by atoms with E-state index in [4.69, 9.17) is 11.5 Å². The number of likely N-dealkylation sites (N-methyl/N-ethyl adjacent to an activating group) is 1. The van der Waals surface area contributed by atoms with Crippen molar-refractivity contribution < 1.29 is 39.6 Å². The van der Waals surface area contributed by atoms with Crippen molar-refractivity contribution in [3.8, 4) is 5.75 Å². The van der Waals surface area contributed by atoms with Crippen molar-refractivity contribution in [3.05, 3.63) is 63.9 Å². The lowest BCUT2D eigenvalue weighted by molar-refractivity contribution is -0.153. The quantitative estimate of drug-likeness (QED) is 0.172. The molecule has 0 aliphatic heterocycles. The van der Waals surface area contributed by atoms with Crippen LogP contribution in [0.1, 0.15) is 29.5 Å². The Bertz CT molecular complexity index is 1690. The summed E-state index contributed by atoms with van der Waals surface area (Å²) in [6, 6.07) is 7.20. The van der Waals surface area contributed by atoms with E-state index in [-0.39, 0.29) is 48.5 Å². The number of amides is 2. The van der Waals surface area contributed by atoms with Gasteiger partial charge in [-0.3, -0.25) is 24.1 Å². The van der Waals surface area contributed by atoms with Gasteiger partial charge in [-0.15, -0.1) is 0 Å². The molecule has 0 unspecified atom stereocenters. The molecule has 4 atom stereocenters. The zero-order chi connectivity index (χ0) is 33.1. The smallest absolute Gasteiger partial charge is 0.255 e. The third-order valence-corrected chi connectivity index (χ3v) is 9.07. The summed E-state index contributed by atoms with van der Waals surface area (Å²) >= 11 is 0. The van der Waals surface area contributed by atoms with Crippen molar-refractivity contribution >= 4 is 46.2 Å². The molecule has 5 rings (SSSR count). The molecule has 1 fully saturated rings. The molecule has 3 aliphatic carbocycles. The first kappa shape index (κ1) is 31.5. The maximum absolute atomic E-state index is 14.1. The van der Waals surface area contributed by atoms with Crippen LogP contribution in [0, 0.1) is 11.8 Å². The van der Waals surface area contributed by atoms with Crippen molar-refractivity contribution in [2.24, 2.45) is 17.6 Å². The van der Waals surface area contributed by atoms with Crippen LogP contribution in [0.4, 0.5) is 17.1 Å². The number of rotatable bonds is 7. The van der Waals surface area contributed by atoms with Gasteiger partial charge < -0.3 is 42.1 Å². The van der Waals surface area contributed by atoms with Crippen LogP contribution in [-0.2, 0) is 32.0 Å². The molecule has 0 aromatic heterocycles. The van der Waals surface area contributed by atoms with E-state index in [1.54, 1.807) is 63.4 Å². The summed E-state index contributed by atoms with van der Waals surface area (Å²) in [7, 11) is 6.66. The van der Waals surface area contributed by atoms with E-state index in [0.29, 0.717) is 28.2 Å². The Balaban J connectivity index is 1.57. The lowest BCUT2D eigenvalue weighted by Gasteiger charge is -2.50. The van der Waals surface area contributed by atoms with Gasteiger partial charge >= 0.3 is 0 Å². The number of hydrogen-bond donors (Lipinski definition) is 7. The van der Waals surface area contributed by atoms with Gasteiger partial charge in [-0.05, 0) is 80.7 Å². The van der Waals surface area contributed by atoms with Gasteiger partial charge in [0.2, 0.25) is 11.7 Å². The highest BCUT2D eigenvalue weighted by atomic mass is 16.3. The Kier molecular flexibility index (Phi) is 7.88.